The Kier molecular flexibility index (Phi) is 5.00. The maximum atomic E-state index is 12.4. The highest BCUT2D eigenvalue weighted by Gasteiger charge is 2.31. The SMILES string of the molecule is Cc1cc2c(=O)n(CC(=O)OC3CCC(C(C)(C)C)CC3)cnc2s1. The van der Waals surface area contributed by atoms with Crippen LogP contribution in [0, 0.1) is 18.3 Å². The fraction of sp³-hybridized carbons (Fsp3) is 0.632. The number of nitrogens with zero attached hydrogens (tertiary/aromatic N) is 2. The van der Waals surface area contributed by atoms with E-state index in [-0.39, 0.29) is 24.2 Å². The average molecular weight is 362 g/mol. The molecule has 2 aromatic heterocycles. The number of carbonyl (C=O) groups excluding carboxylic acids is 1. The molecular weight excluding hydrogens is 336 g/mol. The lowest BCUT2D eigenvalue weighted by atomic mass is 9.72. The van der Waals surface area contributed by atoms with Gasteiger partial charge in [0.2, 0.25) is 0 Å². The first-order chi connectivity index (χ1) is 11.7. The number of esters is 1. The van der Waals surface area contributed by atoms with E-state index in [0.29, 0.717) is 21.5 Å². The summed E-state index contributed by atoms with van der Waals surface area (Å²) >= 11 is 1.48. The average Bonchev–Trinajstić information content (AvgIpc) is 2.91. The van der Waals surface area contributed by atoms with Crippen molar-refractivity contribution < 1.29 is 9.53 Å². The molecule has 0 amide bonds. The van der Waals surface area contributed by atoms with Crippen LogP contribution in [-0.2, 0) is 16.1 Å². The van der Waals surface area contributed by atoms with Crippen molar-refractivity contribution in [1.82, 2.24) is 9.55 Å². The van der Waals surface area contributed by atoms with Gasteiger partial charge in [0.25, 0.3) is 5.56 Å². The van der Waals surface area contributed by atoms with Crippen LogP contribution in [0.3, 0.4) is 0 Å². The van der Waals surface area contributed by atoms with Gasteiger partial charge in [0, 0.05) is 4.88 Å². The minimum absolute atomic E-state index is 0.0260. The summed E-state index contributed by atoms with van der Waals surface area (Å²) in [6.45, 7) is 8.68. The van der Waals surface area contributed by atoms with E-state index < -0.39 is 0 Å². The monoisotopic (exact) mass is 362 g/mol. The summed E-state index contributed by atoms with van der Waals surface area (Å²) in [4.78, 5) is 30.7. The Hall–Kier alpha value is -1.69. The molecule has 0 N–H and O–H groups in total. The molecule has 1 saturated carbocycles. The van der Waals surface area contributed by atoms with Crippen LogP contribution in [0.15, 0.2) is 17.2 Å². The third kappa shape index (κ3) is 4.11. The number of hydrogen-bond donors (Lipinski definition) is 0. The Bertz CT molecular complexity index is 823. The van der Waals surface area contributed by atoms with E-state index in [4.69, 9.17) is 4.74 Å². The number of carbonyl (C=O) groups is 1. The molecule has 2 aromatic rings. The molecule has 6 heteroatoms. The van der Waals surface area contributed by atoms with Gasteiger partial charge < -0.3 is 4.74 Å². The molecule has 0 spiro atoms. The van der Waals surface area contributed by atoms with E-state index in [2.05, 4.69) is 25.8 Å². The first-order valence-electron chi connectivity index (χ1n) is 8.89. The van der Waals surface area contributed by atoms with Gasteiger partial charge in [0.15, 0.2) is 0 Å². The summed E-state index contributed by atoms with van der Waals surface area (Å²) < 4.78 is 6.95. The molecule has 1 aliphatic rings. The third-order valence-corrected chi connectivity index (χ3v) is 6.10. The zero-order valence-corrected chi connectivity index (χ0v) is 16.2. The van der Waals surface area contributed by atoms with E-state index in [1.165, 1.54) is 22.2 Å². The van der Waals surface area contributed by atoms with Crippen LogP contribution in [0.5, 0.6) is 0 Å². The summed E-state index contributed by atoms with van der Waals surface area (Å²) in [7, 11) is 0. The van der Waals surface area contributed by atoms with Crippen molar-refractivity contribution in [1.29, 1.82) is 0 Å². The molecule has 0 bridgehead atoms. The first kappa shape index (κ1) is 18.1. The molecule has 136 valence electrons. The van der Waals surface area contributed by atoms with Crippen molar-refractivity contribution in [3.63, 3.8) is 0 Å². The quantitative estimate of drug-likeness (QED) is 0.777. The lowest BCUT2D eigenvalue weighted by molar-refractivity contribution is -0.152. The molecular formula is C19H26N2O3S. The van der Waals surface area contributed by atoms with Gasteiger partial charge >= 0.3 is 5.97 Å². The van der Waals surface area contributed by atoms with E-state index in [0.717, 1.165) is 30.6 Å². The van der Waals surface area contributed by atoms with Crippen LogP contribution in [0.25, 0.3) is 10.2 Å². The van der Waals surface area contributed by atoms with E-state index in [9.17, 15) is 9.59 Å². The van der Waals surface area contributed by atoms with Gasteiger partial charge in [-0.3, -0.25) is 14.2 Å². The number of ether oxygens (including phenoxy) is 1. The molecule has 0 atom stereocenters. The number of hydrogen-bond acceptors (Lipinski definition) is 5. The molecule has 0 saturated heterocycles. The highest BCUT2D eigenvalue weighted by Crippen LogP contribution is 2.38. The Morgan fingerprint density at radius 3 is 2.64 bits per heavy atom. The normalized spacial score (nSPS) is 21.4. The van der Waals surface area contributed by atoms with Crippen molar-refractivity contribution in [2.75, 3.05) is 0 Å². The minimum Gasteiger partial charge on any atom is -0.461 e. The second-order valence-electron chi connectivity index (χ2n) is 8.08. The fourth-order valence-corrected chi connectivity index (χ4v) is 4.44. The van der Waals surface area contributed by atoms with Gasteiger partial charge in [0.05, 0.1) is 11.7 Å². The predicted octanol–water partition coefficient (Wildman–Crippen LogP) is 3.91. The van der Waals surface area contributed by atoms with Gasteiger partial charge in [-0.15, -0.1) is 11.3 Å². The van der Waals surface area contributed by atoms with Gasteiger partial charge in [0.1, 0.15) is 17.5 Å². The van der Waals surface area contributed by atoms with E-state index >= 15 is 0 Å². The second-order valence-corrected chi connectivity index (χ2v) is 9.32. The minimum atomic E-state index is -0.352. The lowest BCUT2D eigenvalue weighted by Crippen LogP contribution is -2.32. The van der Waals surface area contributed by atoms with Crippen LogP contribution in [0.4, 0.5) is 0 Å². The highest BCUT2D eigenvalue weighted by atomic mass is 32.1. The molecule has 0 unspecified atom stereocenters. The van der Waals surface area contributed by atoms with Gasteiger partial charge in [-0.2, -0.15) is 0 Å². The maximum Gasteiger partial charge on any atom is 0.326 e. The Morgan fingerprint density at radius 2 is 2.00 bits per heavy atom. The van der Waals surface area contributed by atoms with Gasteiger partial charge in [-0.05, 0) is 50.0 Å². The smallest absolute Gasteiger partial charge is 0.326 e. The molecule has 0 radical (unpaired) electrons. The number of rotatable bonds is 3. The van der Waals surface area contributed by atoms with E-state index in [1.54, 1.807) is 0 Å². The van der Waals surface area contributed by atoms with Crippen LogP contribution in [0.2, 0.25) is 0 Å². The maximum absolute atomic E-state index is 12.4. The Morgan fingerprint density at radius 1 is 1.32 bits per heavy atom. The largest absolute Gasteiger partial charge is 0.461 e. The molecule has 1 fully saturated rings. The highest BCUT2D eigenvalue weighted by molar-refractivity contribution is 7.18. The second kappa shape index (κ2) is 6.90. The summed E-state index contributed by atoms with van der Waals surface area (Å²) in [5, 5.41) is 0.573. The zero-order chi connectivity index (χ0) is 18.2. The standard InChI is InChI=1S/C19H26N2O3S/c1-12-9-15-17(25-12)20-11-21(18(15)23)10-16(22)24-14-7-5-13(6-8-14)19(2,3)4/h9,11,13-14H,5-8,10H2,1-4H3. The Balaban J connectivity index is 1.60. The molecule has 5 nitrogen and oxygen atoms in total. The van der Waals surface area contributed by atoms with Crippen molar-refractivity contribution in [3.8, 4) is 0 Å². The first-order valence-corrected chi connectivity index (χ1v) is 9.71. The van der Waals surface area contributed by atoms with Gasteiger partial charge in [-0.25, -0.2) is 4.98 Å². The summed E-state index contributed by atoms with van der Waals surface area (Å²) in [6, 6.07) is 1.82. The molecule has 25 heavy (non-hydrogen) atoms. The van der Waals surface area contributed by atoms with E-state index in [1.807, 2.05) is 13.0 Å². The lowest BCUT2D eigenvalue weighted by Gasteiger charge is -2.36. The number of aryl methyl sites for hydroxylation is 1. The molecule has 3 rings (SSSR count). The third-order valence-electron chi connectivity index (χ3n) is 5.14. The predicted molar refractivity (Wildman–Crippen MR) is 99.9 cm³/mol. The number of thiophene rings is 1. The van der Waals surface area contributed by atoms with Crippen LogP contribution >= 0.6 is 11.3 Å². The summed E-state index contributed by atoms with van der Waals surface area (Å²) in [5.74, 6) is 0.327. The van der Waals surface area contributed by atoms with Crippen LogP contribution in [0.1, 0.15) is 51.3 Å². The fourth-order valence-electron chi connectivity index (χ4n) is 3.60. The topological polar surface area (TPSA) is 61.2 Å². The van der Waals surface area contributed by atoms with Gasteiger partial charge in [-0.1, -0.05) is 20.8 Å². The van der Waals surface area contributed by atoms with Crippen molar-refractivity contribution in [2.24, 2.45) is 11.3 Å². The molecule has 0 aliphatic heterocycles. The van der Waals surface area contributed by atoms with Crippen molar-refractivity contribution >= 4 is 27.5 Å². The molecule has 0 aromatic carbocycles. The zero-order valence-electron chi connectivity index (χ0n) is 15.4. The van der Waals surface area contributed by atoms with Crippen molar-refractivity contribution in [3.05, 3.63) is 27.6 Å². The summed E-state index contributed by atoms with van der Waals surface area (Å²) in [5.41, 5.74) is 0.130. The molecule has 1 aliphatic carbocycles. The number of aromatic nitrogens is 2. The number of fused-ring (bicyclic) bond motifs is 1. The molecule has 2 heterocycles. The van der Waals surface area contributed by atoms with Crippen molar-refractivity contribution in [2.45, 2.75) is 66.0 Å². The summed E-state index contributed by atoms with van der Waals surface area (Å²) in [6.07, 6.45) is 5.40. The van der Waals surface area contributed by atoms with Crippen LogP contribution < -0.4 is 5.56 Å². The van der Waals surface area contributed by atoms with Crippen LogP contribution in [-0.4, -0.2) is 21.6 Å². The Labute approximate surface area is 152 Å².